The fourth-order valence-corrected chi connectivity index (χ4v) is 0.748. The summed E-state index contributed by atoms with van der Waals surface area (Å²) in [6.45, 7) is 1.44. The van der Waals surface area contributed by atoms with Crippen LogP contribution >= 0.6 is 0 Å². The molecule has 12 heavy (non-hydrogen) atoms. The van der Waals surface area contributed by atoms with E-state index in [1.54, 1.807) is 12.1 Å². The Morgan fingerprint density at radius 3 is 2.25 bits per heavy atom. The molecule has 1 rings (SSSR count). The summed E-state index contributed by atoms with van der Waals surface area (Å²) in [7, 11) is 0. The van der Waals surface area contributed by atoms with E-state index < -0.39 is 0 Å². The number of nitrogens with one attached hydrogen (secondary N) is 1. The molecule has 0 unspecified atom stereocenters. The number of carbonyl (C=O) groups is 1. The summed E-state index contributed by atoms with van der Waals surface area (Å²) in [5, 5.41) is 11.5. The van der Waals surface area contributed by atoms with Gasteiger partial charge in [0.15, 0.2) is 0 Å². The molecule has 1 aromatic carbocycles. The Morgan fingerprint density at radius 2 is 1.83 bits per heavy atom. The van der Waals surface area contributed by atoms with Crippen molar-refractivity contribution in [2.45, 2.75) is 6.92 Å². The van der Waals surface area contributed by atoms with E-state index in [4.69, 9.17) is 5.11 Å². The van der Waals surface area contributed by atoms with Gasteiger partial charge < -0.3 is 10.4 Å². The third-order valence-electron chi connectivity index (χ3n) is 1.19. The molecule has 1 aromatic rings. The monoisotopic (exact) mass is 361 g/mol. The van der Waals surface area contributed by atoms with Crippen LogP contribution in [0.25, 0.3) is 0 Å². The first-order chi connectivity index (χ1) is 5.18. The molecule has 0 aliphatic rings. The van der Waals surface area contributed by atoms with Crippen molar-refractivity contribution >= 4 is 38.9 Å². The molecule has 2 radical (unpaired) electrons. The van der Waals surface area contributed by atoms with Gasteiger partial charge in [0.1, 0.15) is 5.75 Å². The van der Waals surface area contributed by atoms with Gasteiger partial charge in [-0.25, -0.2) is 0 Å². The Kier molecular flexibility index (Phi) is 4.88. The molecule has 3 nitrogen and oxygen atoms in total. The van der Waals surface area contributed by atoms with Gasteiger partial charge in [-0.3, -0.25) is 4.79 Å². The number of anilines is 1. The fourth-order valence-electron chi connectivity index (χ4n) is 0.748. The second kappa shape index (κ2) is 5.13. The second-order valence-electron chi connectivity index (χ2n) is 2.23. The molecule has 0 saturated heterocycles. The topological polar surface area (TPSA) is 49.3 Å². The van der Waals surface area contributed by atoms with Gasteiger partial charge in [0, 0.05) is 12.6 Å². The van der Waals surface area contributed by atoms with Crippen LogP contribution in [0.4, 0.5) is 5.69 Å². The first-order valence-corrected chi connectivity index (χ1v) is 3.25. The van der Waals surface area contributed by atoms with Gasteiger partial charge in [-0.2, -0.15) is 0 Å². The number of phenols is 1. The number of carbonyl (C=O) groups excluding carboxylic acids is 1. The summed E-state index contributed by atoms with van der Waals surface area (Å²) in [5.74, 6) is 0.0785. The molecule has 0 bridgehead atoms. The van der Waals surface area contributed by atoms with E-state index in [1.807, 2.05) is 0 Å². The molecule has 1 amide bonds. The van der Waals surface area contributed by atoms with Crippen LogP contribution in [0.5, 0.6) is 5.75 Å². The maximum absolute atomic E-state index is 10.5. The summed E-state index contributed by atoms with van der Waals surface area (Å²) in [5.41, 5.74) is 0.690. The summed E-state index contributed by atoms with van der Waals surface area (Å²) in [4.78, 5) is 10.5. The van der Waals surface area contributed by atoms with Crippen molar-refractivity contribution in [3.8, 4) is 5.75 Å². The van der Waals surface area contributed by atoms with Crippen LogP contribution in [0.15, 0.2) is 24.3 Å². The van der Waals surface area contributed by atoms with Crippen LogP contribution in [-0.4, -0.2) is 38.3 Å². The normalized spacial score (nSPS) is 8.42. The van der Waals surface area contributed by atoms with E-state index in [0.29, 0.717) is 5.69 Å². The first kappa shape index (κ1) is 11.4. The van der Waals surface area contributed by atoms with Crippen LogP contribution in [0.1, 0.15) is 6.92 Å². The number of aromatic hydroxyl groups is 1. The summed E-state index contributed by atoms with van der Waals surface area (Å²) in [6, 6.07) is 6.31. The van der Waals surface area contributed by atoms with Gasteiger partial charge in [-0.15, -0.1) is 0 Å². The second-order valence-corrected chi connectivity index (χ2v) is 2.23. The molecule has 4 heteroatoms. The average Bonchev–Trinajstić information content (AvgIpc) is 1.93. The zero-order valence-corrected chi connectivity index (χ0v) is 12.4. The van der Waals surface area contributed by atoms with Crippen LogP contribution in [0.2, 0.25) is 0 Å². The quantitative estimate of drug-likeness (QED) is 0.564. The number of hydrogen-bond acceptors (Lipinski definition) is 2. The predicted molar refractivity (Wildman–Crippen MR) is 51.0 cm³/mol. The Hall–Kier alpha value is -0.588. The van der Waals surface area contributed by atoms with E-state index in [0.717, 1.165) is 0 Å². The molecule has 64 valence electrons. The molecule has 2 N–H and O–H groups in total. The van der Waals surface area contributed by atoms with E-state index in [-0.39, 0.29) is 39.0 Å². The van der Waals surface area contributed by atoms with Gasteiger partial charge in [0.05, 0.1) is 0 Å². The van der Waals surface area contributed by atoms with Crippen molar-refractivity contribution in [1.29, 1.82) is 0 Å². The molecule has 0 atom stereocenters. The Morgan fingerprint density at radius 1 is 1.33 bits per heavy atom. The molecule has 0 aliphatic heterocycles. The zero-order chi connectivity index (χ0) is 8.27. The van der Waals surface area contributed by atoms with E-state index in [1.165, 1.54) is 19.1 Å². The first-order valence-electron chi connectivity index (χ1n) is 3.25. The van der Waals surface area contributed by atoms with Crippen molar-refractivity contribution in [2.75, 3.05) is 5.32 Å². The van der Waals surface area contributed by atoms with Gasteiger partial charge in [0.25, 0.3) is 0 Å². The van der Waals surface area contributed by atoms with Crippen molar-refractivity contribution < 1.29 is 9.90 Å². The summed E-state index contributed by atoms with van der Waals surface area (Å²) < 4.78 is 0. The van der Waals surface area contributed by atoms with Crippen molar-refractivity contribution in [3.63, 3.8) is 0 Å². The molecular weight excluding hydrogens is 349 g/mol. The molecule has 0 saturated carbocycles. The number of phenolic OH excluding ortho intramolecular Hbond substituents is 1. The van der Waals surface area contributed by atoms with Crippen LogP contribution in [-0.2, 0) is 4.79 Å². The van der Waals surface area contributed by atoms with E-state index in [9.17, 15) is 4.79 Å². The van der Waals surface area contributed by atoms with Gasteiger partial charge in [-0.1, -0.05) is 0 Å². The number of amides is 1. The van der Waals surface area contributed by atoms with Crippen LogP contribution in [0, 0.1) is 0 Å². The standard InChI is InChI=1S/C8H9NO2.Pb.2H/c1-6(10)9-7-2-4-8(11)5-3-7;;;/h2-5,11H,1H3,(H,9,10);;;. The molecule has 0 aliphatic carbocycles. The van der Waals surface area contributed by atoms with Gasteiger partial charge in [0.2, 0.25) is 5.91 Å². The summed E-state index contributed by atoms with van der Waals surface area (Å²) >= 11 is 0. The van der Waals surface area contributed by atoms with Crippen molar-refractivity contribution in [3.05, 3.63) is 24.3 Å². The predicted octanol–water partition coefficient (Wildman–Crippen LogP) is 0.434. The number of hydrogen-bond donors (Lipinski definition) is 2. The number of rotatable bonds is 1. The molecule has 0 aromatic heterocycles. The molecular formula is C8H11NO2Pb. The maximum atomic E-state index is 10.5. The SMILES string of the molecule is CC(=O)Nc1ccc(O)cc1.[PbH2]. The molecule has 0 spiro atoms. The summed E-state index contributed by atoms with van der Waals surface area (Å²) in [6.07, 6.45) is 0. The van der Waals surface area contributed by atoms with Gasteiger partial charge in [-0.05, 0) is 24.3 Å². The molecule has 0 fully saturated rings. The zero-order valence-electron chi connectivity index (χ0n) is 6.87. The fraction of sp³-hybridized carbons (Fsp3) is 0.125. The molecule has 0 heterocycles. The minimum atomic E-state index is -0.115. The van der Waals surface area contributed by atoms with Crippen molar-refractivity contribution in [1.82, 2.24) is 0 Å². The Bertz CT molecular complexity index is 258. The van der Waals surface area contributed by atoms with Crippen molar-refractivity contribution in [2.24, 2.45) is 0 Å². The van der Waals surface area contributed by atoms with E-state index in [2.05, 4.69) is 5.32 Å². The third-order valence-corrected chi connectivity index (χ3v) is 1.19. The average molecular weight is 360 g/mol. The van der Waals surface area contributed by atoms with E-state index >= 15 is 0 Å². The van der Waals surface area contributed by atoms with Crippen LogP contribution in [0.3, 0.4) is 0 Å². The number of benzene rings is 1. The van der Waals surface area contributed by atoms with Crippen LogP contribution < -0.4 is 5.32 Å². The minimum absolute atomic E-state index is 0. The Labute approximate surface area is 90.9 Å². The Balaban J connectivity index is 0.00000121. The third kappa shape index (κ3) is 3.70. The van der Waals surface area contributed by atoms with Gasteiger partial charge >= 0.3 is 27.3 Å².